The Hall–Kier alpha value is 0.163. The van der Waals surface area contributed by atoms with E-state index in [1.807, 2.05) is 0 Å². The van der Waals surface area contributed by atoms with Crippen molar-refractivity contribution in [1.29, 1.82) is 0 Å². The fraction of sp³-hybridized carbons (Fsp3) is 0. The third kappa shape index (κ3) is 15700. The van der Waals surface area contributed by atoms with Crippen LogP contribution in [-0.2, 0) is 19.5 Å². The second-order valence-corrected chi connectivity index (χ2v) is 0.429. The molecule has 0 aliphatic rings. The Kier molecular flexibility index (Phi) is 36.1. The molecule has 0 heterocycles. The molecule has 0 fully saturated rings. The first-order valence-corrected chi connectivity index (χ1v) is 1.13. The smallest absolute Gasteiger partial charge is 0.154 e. The van der Waals surface area contributed by atoms with Crippen LogP contribution >= 0.6 is 0 Å². The first-order chi connectivity index (χ1) is 3.46. The first kappa shape index (κ1) is 22.5. The van der Waals surface area contributed by atoms with Crippen LogP contribution in [0.3, 0.4) is 0 Å². The Morgan fingerprint density at radius 1 is 0.600 bits per heavy atom. The van der Waals surface area contributed by atoms with E-state index in [9.17, 15) is 26.3 Å². The molecule has 0 spiro atoms. The van der Waals surface area contributed by atoms with E-state index in [0.29, 0.717) is 0 Å². The summed E-state index contributed by atoms with van der Waals surface area (Å²) in [6.07, 6.45) is 0. The summed E-state index contributed by atoms with van der Waals surface area (Å²) in [6, 6.07) is 0. The second-order valence-electron chi connectivity index (χ2n) is 0.429. The number of hydrogen-bond donors (Lipinski definition) is 0. The van der Waals surface area contributed by atoms with Crippen LogP contribution < -0.4 is 0 Å². The standard InChI is InChI=1S/2CF3.H2N.Zn/c2*2-1(3)4;;/h;;1H2;/q3*-1;. The van der Waals surface area contributed by atoms with Crippen molar-refractivity contribution in [3.8, 4) is 0 Å². The van der Waals surface area contributed by atoms with E-state index in [4.69, 9.17) is 0 Å². The van der Waals surface area contributed by atoms with Gasteiger partial charge in [-0.15, -0.1) is 0 Å². The average Bonchev–Trinajstić information content (AvgIpc) is 1.25. The maximum atomic E-state index is 9.58. The molecule has 0 aliphatic heterocycles. The van der Waals surface area contributed by atoms with Crippen LogP contribution in [0.1, 0.15) is 0 Å². The molecule has 0 aromatic heterocycles. The minimum atomic E-state index is -3.08. The van der Waals surface area contributed by atoms with Gasteiger partial charge in [0.1, 0.15) is 0 Å². The van der Waals surface area contributed by atoms with Crippen molar-refractivity contribution < 1.29 is 45.8 Å². The summed E-state index contributed by atoms with van der Waals surface area (Å²) in [4.78, 5) is 0. The molecule has 0 saturated carbocycles. The molecule has 0 aliphatic carbocycles. The molecule has 2 N–H and O–H groups in total. The van der Waals surface area contributed by atoms with Gasteiger partial charge in [-0.05, 0) is 0 Å². The number of halogens is 6. The van der Waals surface area contributed by atoms with Crippen LogP contribution in [0.25, 0.3) is 6.15 Å². The summed E-state index contributed by atoms with van der Waals surface area (Å²) in [7, 11) is 0. The van der Waals surface area contributed by atoms with Crippen LogP contribution in [0.4, 0.5) is 26.3 Å². The fourth-order valence-electron chi connectivity index (χ4n) is 0. The summed E-state index contributed by atoms with van der Waals surface area (Å²) >= 11 is 0. The second kappa shape index (κ2) is 16.1. The summed E-state index contributed by atoms with van der Waals surface area (Å²) in [5, 5.41) is 0. The molecule has 0 aromatic rings. The van der Waals surface area contributed by atoms with Crippen LogP contribution in [0.2, 0.25) is 0 Å². The molecular weight excluding hydrogens is 217 g/mol. The normalized spacial score (nSPS) is 7.20. The molecule has 0 atom stereocenters. The van der Waals surface area contributed by atoms with Crippen LogP contribution in [-0.4, -0.2) is 0 Å². The number of hydrogen-bond acceptors (Lipinski definition) is 0. The van der Waals surface area contributed by atoms with Gasteiger partial charge in [-0.1, -0.05) is 0 Å². The number of rotatable bonds is 0. The molecule has 0 rings (SSSR count). The van der Waals surface area contributed by atoms with E-state index in [0.717, 1.165) is 0 Å². The molecule has 0 unspecified atom stereocenters. The zero-order chi connectivity index (χ0) is 7.15. The van der Waals surface area contributed by atoms with Gasteiger partial charge in [-0.3, -0.25) is 0 Å². The molecule has 0 aromatic carbocycles. The molecule has 0 amide bonds. The van der Waals surface area contributed by atoms with Gasteiger partial charge in [0.2, 0.25) is 0 Å². The minimum Gasteiger partial charge on any atom is -0.693 e. The zero-order valence-electron chi connectivity index (χ0n) is 4.55. The fourth-order valence-corrected chi connectivity index (χ4v) is 0. The van der Waals surface area contributed by atoms with Gasteiger partial charge in [0.25, 0.3) is 0 Å². The Morgan fingerprint density at radius 2 is 0.600 bits per heavy atom. The van der Waals surface area contributed by atoms with Crippen molar-refractivity contribution in [3.63, 3.8) is 0 Å². The summed E-state index contributed by atoms with van der Waals surface area (Å²) in [6.45, 7) is -6.17. The predicted octanol–water partition coefficient (Wildman–Crippen LogP) is 3.40. The largest absolute Gasteiger partial charge is 0.693 e. The van der Waals surface area contributed by atoms with Gasteiger partial charge in [0.15, 0.2) is 13.4 Å². The van der Waals surface area contributed by atoms with E-state index in [1.165, 1.54) is 0 Å². The Balaban J connectivity index is -0.0000000300. The summed E-state index contributed by atoms with van der Waals surface area (Å²) < 4.78 is 57.5. The van der Waals surface area contributed by atoms with Crippen LogP contribution in [0, 0.1) is 13.4 Å². The van der Waals surface area contributed by atoms with Crippen molar-refractivity contribution in [1.82, 2.24) is 0 Å². The van der Waals surface area contributed by atoms with Gasteiger partial charge in [0, 0.05) is 19.5 Å². The maximum absolute atomic E-state index is 9.58. The van der Waals surface area contributed by atoms with Crippen molar-refractivity contribution in [2.24, 2.45) is 0 Å². The van der Waals surface area contributed by atoms with Crippen molar-refractivity contribution in [2.75, 3.05) is 0 Å². The number of nitrogens with two attached hydrogens (primary N) is 1. The van der Waals surface area contributed by atoms with E-state index in [2.05, 4.69) is 0 Å². The van der Waals surface area contributed by atoms with Crippen molar-refractivity contribution >= 4 is 0 Å². The Bertz CT molecular complexity index is 31.2. The molecule has 0 bridgehead atoms. The van der Waals surface area contributed by atoms with E-state index in [1.54, 1.807) is 0 Å². The van der Waals surface area contributed by atoms with Crippen molar-refractivity contribution in [2.45, 2.75) is 0 Å². The molecule has 62 valence electrons. The van der Waals surface area contributed by atoms with E-state index < -0.39 is 13.4 Å². The summed E-state index contributed by atoms with van der Waals surface area (Å²) in [5.74, 6) is 0. The Morgan fingerprint density at radius 3 is 0.600 bits per heavy atom. The average molecular weight is 219 g/mol. The summed E-state index contributed by atoms with van der Waals surface area (Å²) in [5.41, 5.74) is 0. The third-order valence-electron chi connectivity index (χ3n) is 0. The van der Waals surface area contributed by atoms with Gasteiger partial charge >= 0.3 is 0 Å². The molecule has 8 heteroatoms. The zero-order valence-corrected chi connectivity index (χ0v) is 7.52. The first-order valence-electron chi connectivity index (χ1n) is 1.13. The molecular formula is C2H2F6NZn-3. The molecule has 10 heavy (non-hydrogen) atoms. The maximum Gasteiger partial charge on any atom is 0.154 e. The predicted molar refractivity (Wildman–Crippen MR) is 18.4 cm³/mol. The third-order valence-corrected chi connectivity index (χ3v) is 0. The monoisotopic (exact) mass is 218 g/mol. The molecule has 0 saturated heterocycles. The van der Waals surface area contributed by atoms with Gasteiger partial charge in [-0.2, -0.15) is 0 Å². The SMILES string of the molecule is F[C-](F)F.F[C-](F)F.[NH2-].[Zn]. The van der Waals surface area contributed by atoms with E-state index >= 15 is 0 Å². The van der Waals surface area contributed by atoms with Crippen LogP contribution in [0.5, 0.6) is 0 Å². The van der Waals surface area contributed by atoms with Gasteiger partial charge < -0.3 is 32.5 Å². The van der Waals surface area contributed by atoms with Gasteiger partial charge in [-0.25, -0.2) is 0 Å². The van der Waals surface area contributed by atoms with Crippen molar-refractivity contribution in [3.05, 3.63) is 19.5 Å². The molecule has 1 nitrogen and oxygen atoms in total. The van der Waals surface area contributed by atoms with E-state index in [-0.39, 0.29) is 25.6 Å². The topological polar surface area (TPSA) is 33.5 Å². The minimum absolute atomic E-state index is 0. The molecule has 0 radical (unpaired) electrons. The van der Waals surface area contributed by atoms with Gasteiger partial charge in [0.05, 0.1) is 0 Å². The Labute approximate surface area is 66.1 Å². The van der Waals surface area contributed by atoms with Crippen LogP contribution in [0.15, 0.2) is 0 Å². The quantitative estimate of drug-likeness (QED) is 0.340.